The van der Waals surface area contributed by atoms with Gasteiger partial charge < -0.3 is 14.7 Å². The minimum atomic E-state index is -2.49. The molecule has 0 atom stereocenters. The third-order valence-corrected chi connectivity index (χ3v) is 7.54. The Balaban J connectivity index is 1.38. The second kappa shape index (κ2) is 9.41. The van der Waals surface area contributed by atoms with Gasteiger partial charge >= 0.3 is 0 Å². The second-order valence-electron chi connectivity index (χ2n) is 9.58. The molecular weight excluding hydrogens is 398 g/mol. The van der Waals surface area contributed by atoms with Crippen LogP contribution in [-0.2, 0) is 0 Å². The summed E-state index contributed by atoms with van der Waals surface area (Å²) >= 11 is 0. The number of anilines is 1. The van der Waals surface area contributed by atoms with E-state index < -0.39 is 5.92 Å². The molecule has 0 radical (unpaired) electrons. The van der Waals surface area contributed by atoms with Crippen molar-refractivity contribution in [3.8, 4) is 0 Å². The minimum absolute atomic E-state index is 0.0200. The number of benzene rings is 1. The normalized spacial score (nSPS) is 24.3. The van der Waals surface area contributed by atoms with Crippen molar-refractivity contribution in [2.75, 3.05) is 58.3 Å². The summed E-state index contributed by atoms with van der Waals surface area (Å²) in [6, 6.07) is 8.61. The Morgan fingerprint density at radius 2 is 1.58 bits per heavy atom. The van der Waals surface area contributed by atoms with Crippen LogP contribution in [0.4, 0.5) is 14.5 Å². The van der Waals surface area contributed by atoms with Crippen molar-refractivity contribution in [3.05, 3.63) is 29.8 Å². The van der Waals surface area contributed by atoms with Crippen LogP contribution >= 0.6 is 0 Å². The van der Waals surface area contributed by atoms with E-state index in [1.54, 1.807) is 0 Å². The molecule has 3 aliphatic heterocycles. The summed E-state index contributed by atoms with van der Waals surface area (Å²) < 4.78 is 27.0. The highest BCUT2D eigenvalue weighted by molar-refractivity contribution is 5.99. The number of piperidine rings is 3. The lowest BCUT2D eigenvalue weighted by Crippen LogP contribution is -2.50. The number of hydrogen-bond donors (Lipinski definition) is 0. The van der Waals surface area contributed by atoms with Crippen molar-refractivity contribution < 1.29 is 13.6 Å². The third kappa shape index (κ3) is 5.20. The maximum atomic E-state index is 13.5. The Hall–Kier alpha value is -1.73. The van der Waals surface area contributed by atoms with Gasteiger partial charge in [0, 0.05) is 63.8 Å². The maximum absolute atomic E-state index is 13.5. The van der Waals surface area contributed by atoms with E-state index in [1.165, 1.54) is 0 Å². The Morgan fingerprint density at radius 3 is 2.23 bits per heavy atom. The first-order valence-electron chi connectivity index (χ1n) is 11.8. The van der Waals surface area contributed by atoms with E-state index in [-0.39, 0.29) is 18.7 Å². The third-order valence-electron chi connectivity index (χ3n) is 7.54. The van der Waals surface area contributed by atoms with Crippen LogP contribution in [-0.4, -0.2) is 92.0 Å². The highest BCUT2D eigenvalue weighted by atomic mass is 19.3. The van der Waals surface area contributed by atoms with Gasteiger partial charge in [-0.3, -0.25) is 9.69 Å². The van der Waals surface area contributed by atoms with Gasteiger partial charge in [0.15, 0.2) is 0 Å². The van der Waals surface area contributed by atoms with Crippen LogP contribution in [0.1, 0.15) is 48.9 Å². The van der Waals surface area contributed by atoms with Crippen LogP contribution in [0.3, 0.4) is 0 Å². The first-order valence-corrected chi connectivity index (χ1v) is 11.8. The van der Waals surface area contributed by atoms with Crippen LogP contribution in [0.25, 0.3) is 0 Å². The zero-order chi connectivity index (χ0) is 22.0. The number of amides is 1. The van der Waals surface area contributed by atoms with E-state index in [4.69, 9.17) is 0 Å². The molecule has 0 unspecified atom stereocenters. The molecule has 172 valence electrons. The molecule has 0 aromatic heterocycles. The Morgan fingerprint density at radius 1 is 0.968 bits per heavy atom. The van der Waals surface area contributed by atoms with Crippen LogP contribution in [0.2, 0.25) is 0 Å². The van der Waals surface area contributed by atoms with E-state index >= 15 is 0 Å². The van der Waals surface area contributed by atoms with E-state index in [1.807, 2.05) is 30.1 Å². The van der Waals surface area contributed by atoms with Gasteiger partial charge in [0.05, 0.1) is 5.56 Å². The summed E-state index contributed by atoms with van der Waals surface area (Å²) in [6.45, 7) is 4.77. The Labute approximate surface area is 185 Å². The molecule has 3 aliphatic rings. The molecule has 4 rings (SSSR count). The second-order valence-corrected chi connectivity index (χ2v) is 9.58. The van der Waals surface area contributed by atoms with Crippen LogP contribution in [0.15, 0.2) is 24.3 Å². The number of hydrogen-bond acceptors (Lipinski definition) is 4. The molecule has 0 saturated carbocycles. The molecule has 3 fully saturated rings. The minimum Gasteiger partial charge on any atom is -0.371 e. The van der Waals surface area contributed by atoms with Crippen LogP contribution < -0.4 is 4.90 Å². The molecular formula is C24H36F2N4O. The van der Waals surface area contributed by atoms with Crippen LogP contribution in [0.5, 0.6) is 0 Å². The largest absolute Gasteiger partial charge is 0.371 e. The summed E-state index contributed by atoms with van der Waals surface area (Å²) in [4.78, 5) is 22.2. The predicted molar refractivity (Wildman–Crippen MR) is 120 cm³/mol. The molecule has 5 nitrogen and oxygen atoms in total. The fourth-order valence-electron chi connectivity index (χ4n) is 5.36. The molecule has 3 saturated heterocycles. The van der Waals surface area contributed by atoms with Gasteiger partial charge in [-0.15, -0.1) is 0 Å². The molecule has 3 heterocycles. The van der Waals surface area contributed by atoms with Gasteiger partial charge in [0.2, 0.25) is 0 Å². The molecule has 1 amide bonds. The quantitative estimate of drug-likeness (QED) is 0.725. The molecule has 1 aromatic rings. The number of carbonyl (C=O) groups excluding carboxylic acids is 1. The summed E-state index contributed by atoms with van der Waals surface area (Å²) in [5, 5.41) is 0. The average Bonchev–Trinajstić information content (AvgIpc) is 2.79. The van der Waals surface area contributed by atoms with Crippen molar-refractivity contribution in [2.24, 2.45) is 0 Å². The van der Waals surface area contributed by atoms with Crippen molar-refractivity contribution in [2.45, 2.75) is 56.5 Å². The predicted octanol–water partition coefficient (Wildman–Crippen LogP) is 3.55. The van der Waals surface area contributed by atoms with E-state index in [2.05, 4.69) is 27.8 Å². The summed E-state index contributed by atoms with van der Waals surface area (Å²) in [7, 11) is 4.07. The maximum Gasteiger partial charge on any atom is 0.255 e. The average molecular weight is 435 g/mol. The SMILES string of the molecule is CN1CCC(N(C)C(=O)c2ccccc2N2CCC(N3CCC(F)(F)CC3)CC2)CC1. The van der Waals surface area contributed by atoms with E-state index in [0.29, 0.717) is 25.2 Å². The lowest BCUT2D eigenvalue weighted by atomic mass is 9.97. The first kappa shape index (κ1) is 22.5. The zero-order valence-corrected chi connectivity index (χ0v) is 18.9. The van der Waals surface area contributed by atoms with E-state index in [9.17, 15) is 13.6 Å². The number of likely N-dealkylation sites (tertiary alicyclic amines) is 2. The molecule has 0 aliphatic carbocycles. The number of nitrogens with zero attached hydrogens (tertiary/aromatic N) is 4. The fourth-order valence-corrected chi connectivity index (χ4v) is 5.36. The highest BCUT2D eigenvalue weighted by Crippen LogP contribution is 2.32. The zero-order valence-electron chi connectivity index (χ0n) is 18.9. The summed E-state index contributed by atoms with van der Waals surface area (Å²) in [5.74, 6) is -2.39. The van der Waals surface area contributed by atoms with Gasteiger partial charge in [-0.2, -0.15) is 0 Å². The number of rotatable bonds is 4. The highest BCUT2D eigenvalue weighted by Gasteiger charge is 2.37. The summed E-state index contributed by atoms with van der Waals surface area (Å²) in [5.41, 5.74) is 1.79. The Kier molecular flexibility index (Phi) is 6.82. The van der Waals surface area contributed by atoms with Gasteiger partial charge in [-0.25, -0.2) is 8.78 Å². The van der Waals surface area contributed by atoms with Crippen LogP contribution in [0, 0.1) is 0 Å². The lowest BCUT2D eigenvalue weighted by molar-refractivity contribution is -0.0646. The fraction of sp³-hybridized carbons (Fsp3) is 0.708. The molecule has 0 spiro atoms. The van der Waals surface area contributed by atoms with E-state index in [0.717, 1.165) is 63.1 Å². The number of halogens is 2. The topological polar surface area (TPSA) is 30.0 Å². The summed E-state index contributed by atoms with van der Waals surface area (Å²) in [6.07, 6.45) is 3.90. The number of para-hydroxylation sites is 1. The van der Waals surface area contributed by atoms with Crippen molar-refractivity contribution in [1.82, 2.24) is 14.7 Å². The van der Waals surface area contributed by atoms with Gasteiger partial charge in [0.25, 0.3) is 11.8 Å². The molecule has 1 aromatic carbocycles. The van der Waals surface area contributed by atoms with Crippen molar-refractivity contribution in [3.63, 3.8) is 0 Å². The van der Waals surface area contributed by atoms with Gasteiger partial charge in [-0.05, 0) is 58.0 Å². The van der Waals surface area contributed by atoms with Crippen molar-refractivity contribution >= 4 is 11.6 Å². The van der Waals surface area contributed by atoms with Gasteiger partial charge in [-0.1, -0.05) is 12.1 Å². The van der Waals surface area contributed by atoms with Gasteiger partial charge in [0.1, 0.15) is 0 Å². The smallest absolute Gasteiger partial charge is 0.255 e. The number of alkyl halides is 2. The molecule has 31 heavy (non-hydrogen) atoms. The molecule has 0 bridgehead atoms. The lowest BCUT2D eigenvalue weighted by Gasteiger charge is -2.42. The monoisotopic (exact) mass is 434 g/mol. The molecule has 7 heteroatoms. The standard InChI is InChI=1S/C24H36F2N4O/c1-27-13-7-19(8-14-27)28(2)23(31)21-5-3-4-6-22(21)30-15-9-20(10-16-30)29-17-11-24(25,26)12-18-29/h3-6,19-20H,7-18H2,1-2H3. The Bertz CT molecular complexity index is 748. The first-order chi connectivity index (χ1) is 14.8. The number of carbonyl (C=O) groups is 1. The molecule has 0 N–H and O–H groups in total. The van der Waals surface area contributed by atoms with Crippen molar-refractivity contribution in [1.29, 1.82) is 0 Å².